The maximum atomic E-state index is 14.0. The number of β-amino-alcohol motifs (C(OH)–C–C–N with tert-alkyl or cyclic N) is 1. The molecule has 3 saturated heterocycles. The van der Waals surface area contributed by atoms with Crippen LogP contribution in [0.15, 0.2) is 72.8 Å². The molecule has 26 heteroatoms. The maximum absolute atomic E-state index is 14.0. The fourth-order valence-corrected chi connectivity index (χ4v) is 13.0. The van der Waals surface area contributed by atoms with Crippen LogP contribution in [0.5, 0.6) is 0 Å². The van der Waals surface area contributed by atoms with E-state index in [1.165, 1.54) is 42.5 Å². The van der Waals surface area contributed by atoms with Crippen molar-refractivity contribution in [1.29, 1.82) is 10.5 Å². The molecule has 0 aliphatic carbocycles. The Morgan fingerprint density at radius 3 is 1.37 bits per heavy atom. The highest BCUT2D eigenvalue weighted by atomic mass is 127. The first kappa shape index (κ1) is 88.8. The van der Waals surface area contributed by atoms with Crippen molar-refractivity contribution in [3.8, 4) is 12.1 Å². The van der Waals surface area contributed by atoms with E-state index in [2.05, 4.69) is 57.4 Å². The summed E-state index contributed by atoms with van der Waals surface area (Å²) in [6, 6.07) is 17.5. The second kappa shape index (κ2) is 42.2. The quantitative estimate of drug-likeness (QED) is 0.0162. The van der Waals surface area contributed by atoms with Crippen molar-refractivity contribution >= 4 is 62.4 Å². The first-order valence-electron chi connectivity index (χ1n) is 32.5. The maximum Gasteiger partial charge on any atom is 0.308 e. The Morgan fingerprint density at radius 1 is 0.622 bits per heavy atom. The molecule has 3 aliphatic heterocycles. The summed E-state index contributed by atoms with van der Waals surface area (Å²) in [5, 5.41) is 46.4. The van der Waals surface area contributed by atoms with Gasteiger partial charge in [0.1, 0.15) is 46.5 Å². The van der Waals surface area contributed by atoms with Crippen LogP contribution >= 0.6 is 46.9 Å². The molecule has 0 aromatic heterocycles. The Hall–Kier alpha value is -5.24. The zero-order valence-electron chi connectivity index (χ0n) is 58.7. The molecule has 4 aromatic carbocycles. The van der Waals surface area contributed by atoms with Crippen LogP contribution in [0.3, 0.4) is 0 Å². The molecule has 544 valence electrons. The lowest BCUT2D eigenvalue weighted by atomic mass is 9.79. The van der Waals surface area contributed by atoms with E-state index in [0.29, 0.717) is 83.7 Å². The molecule has 3 aliphatic rings. The summed E-state index contributed by atoms with van der Waals surface area (Å²) in [6.45, 7) is 40.8. The molecule has 0 spiro atoms. The van der Waals surface area contributed by atoms with E-state index in [1.807, 2.05) is 92.0 Å². The fraction of sp³-hybridized carbons (Fsp3) is 0.583. The summed E-state index contributed by atoms with van der Waals surface area (Å²) in [7, 11) is -1.27. The molecular weight excluding hydrogens is 1480 g/mol. The van der Waals surface area contributed by atoms with Crippen LogP contribution in [-0.2, 0) is 18.6 Å². The zero-order valence-corrected chi connectivity index (χ0v) is 63.4. The predicted molar refractivity (Wildman–Crippen MR) is 379 cm³/mol. The summed E-state index contributed by atoms with van der Waals surface area (Å²) in [5.74, 6) is -9.42. The first-order valence-corrected chi connectivity index (χ1v) is 35.8. The standard InChI is InChI=1S/C16H22F2N2O.C16H20F2N2.C16H21F2NO2.C15H19F2NO2.C5H10IO3P.C4H6BrN/c1-16(2,3)20(9-5-4-8-19)11-15(21)13-7-6-12(17)10-14(13)18;1-16(2,3)20-8-7-15(19-4)13(10-20)12-6-5-11(17)9-14(12)18;1-16(2,3)19-7-6-12(15(20)21)13(9-19)11-5-4-10(17)8-14(11)18;1-15(2,3)18-7-11(12(8-18)14(19)20)10-5-4-9(16)6-13(10)17;1-3-8-10(5(6)7)9-4-2;5-3-1-2-4-6/h6-7,10,15,21H,4-5,9,11H2,1-3H3;5-6,9,13,15H,7-8,10H2,1-3H3;4-5,8,12-13H,6-7,9H2,1-3H3,(H,20,21);4-6,11-12H,7-8H2,1-3H3,(H,19,20);3-4H2,1-2H3;1-3H2/t15-;13-,15?;12-,13+;11-,12+;;/m1010../s1. The fourth-order valence-electron chi connectivity index (χ4n) is 11.2. The van der Waals surface area contributed by atoms with Crippen molar-refractivity contribution < 1.29 is 73.9 Å². The number of carboxylic acids is 2. The number of alkyl halides is 1. The van der Waals surface area contributed by atoms with Crippen molar-refractivity contribution in [3.05, 3.63) is 153 Å². The number of aliphatic hydroxyl groups is 1. The van der Waals surface area contributed by atoms with Gasteiger partial charge in [0.25, 0.3) is 11.9 Å². The van der Waals surface area contributed by atoms with Crippen molar-refractivity contribution in [2.24, 2.45) is 11.8 Å². The number of likely N-dealkylation sites (tertiary alicyclic amines) is 3. The summed E-state index contributed by atoms with van der Waals surface area (Å²) in [4.78, 5) is 45.7. The van der Waals surface area contributed by atoms with Crippen LogP contribution in [0.2, 0.25) is 0 Å². The summed E-state index contributed by atoms with van der Waals surface area (Å²) in [6.07, 6.45) is 2.92. The van der Waals surface area contributed by atoms with E-state index in [0.717, 1.165) is 55.0 Å². The number of piperidine rings is 2. The molecular formula is C72H98BrF8IN7O8P. The molecule has 0 bridgehead atoms. The van der Waals surface area contributed by atoms with Crippen molar-refractivity contribution in [3.63, 3.8) is 0 Å². The number of aliphatic hydroxyl groups excluding tert-OH is 1. The molecule has 7 rings (SSSR count). The third-order valence-corrected chi connectivity index (χ3v) is 19.7. The number of aliphatic carboxylic acids is 2. The van der Waals surface area contributed by atoms with Gasteiger partial charge in [0.2, 0.25) is 6.04 Å². The Morgan fingerprint density at radius 2 is 1.01 bits per heavy atom. The number of carbonyl (C=O) groups excluding carboxylic acids is 1. The number of halogens is 10. The van der Waals surface area contributed by atoms with E-state index in [9.17, 15) is 64.8 Å². The van der Waals surface area contributed by atoms with E-state index in [1.54, 1.807) is 22.6 Å². The summed E-state index contributed by atoms with van der Waals surface area (Å²) in [5.41, 5.74) is 0.599. The number of nitriles is 2. The van der Waals surface area contributed by atoms with Gasteiger partial charge in [-0.2, -0.15) is 10.5 Å². The summed E-state index contributed by atoms with van der Waals surface area (Å²) >= 11 is 4.89. The lowest BCUT2D eigenvalue weighted by Gasteiger charge is -2.44. The lowest BCUT2D eigenvalue weighted by molar-refractivity contribution is -0.145. The van der Waals surface area contributed by atoms with Crippen LogP contribution < -0.4 is 0 Å². The van der Waals surface area contributed by atoms with Gasteiger partial charge in [0.15, 0.2) is 0 Å². The van der Waals surface area contributed by atoms with E-state index in [4.69, 9.17) is 26.1 Å². The third-order valence-electron chi connectivity index (χ3n) is 16.7. The van der Waals surface area contributed by atoms with Crippen LogP contribution in [0, 0.1) is 87.6 Å². The van der Waals surface area contributed by atoms with Gasteiger partial charge in [-0.15, -0.1) is 0 Å². The van der Waals surface area contributed by atoms with Crippen molar-refractivity contribution in [2.45, 2.75) is 188 Å². The number of hydrogen-bond donors (Lipinski definition) is 3. The molecule has 7 atom stereocenters. The molecule has 98 heavy (non-hydrogen) atoms. The summed E-state index contributed by atoms with van der Waals surface area (Å²) < 4.78 is 118. The predicted octanol–water partition coefficient (Wildman–Crippen LogP) is 18.0. The number of unbranched alkanes of at least 4 members (excludes halogenated alkanes) is 2. The second-order valence-corrected chi connectivity index (χ2v) is 31.7. The molecule has 1 unspecified atom stereocenters. The van der Waals surface area contributed by atoms with E-state index < -0.39 is 96.6 Å². The Kier molecular flexibility index (Phi) is 38.3. The average Bonchev–Trinajstić information content (AvgIpc) is 1.44. The number of hydrogen-bond acceptors (Lipinski definition) is 12. The highest BCUT2D eigenvalue weighted by molar-refractivity contribution is 14.1. The number of carboxylic acid groups (broad SMARTS) is 2. The highest BCUT2D eigenvalue weighted by Gasteiger charge is 2.44. The molecule has 3 heterocycles. The van der Waals surface area contributed by atoms with Gasteiger partial charge < -0.3 is 29.2 Å². The van der Waals surface area contributed by atoms with Crippen molar-refractivity contribution in [2.75, 3.05) is 70.9 Å². The van der Waals surface area contributed by atoms with Crippen LogP contribution in [0.25, 0.3) is 4.85 Å². The van der Waals surface area contributed by atoms with Gasteiger partial charge in [-0.1, -0.05) is 40.2 Å². The van der Waals surface area contributed by atoms with Crippen LogP contribution in [0.4, 0.5) is 39.9 Å². The largest absolute Gasteiger partial charge is 0.481 e. The Balaban J connectivity index is 0.000000414. The molecule has 0 amide bonds. The Labute approximate surface area is 598 Å². The highest BCUT2D eigenvalue weighted by Crippen LogP contribution is 2.43. The number of carbonyl (C=O) groups is 3. The molecule has 0 saturated carbocycles. The van der Waals surface area contributed by atoms with Gasteiger partial charge in [0, 0.05) is 156 Å². The Bertz CT molecular complexity index is 3290. The van der Waals surface area contributed by atoms with E-state index >= 15 is 0 Å². The number of benzene rings is 4. The van der Waals surface area contributed by atoms with Crippen molar-refractivity contribution in [1.82, 2.24) is 19.6 Å². The van der Waals surface area contributed by atoms with Gasteiger partial charge >= 0.3 is 11.9 Å². The molecule has 15 nitrogen and oxygen atoms in total. The lowest BCUT2D eigenvalue weighted by Crippen LogP contribution is -2.50. The van der Waals surface area contributed by atoms with Gasteiger partial charge in [-0.25, -0.2) is 41.7 Å². The number of rotatable bonds is 18. The second-order valence-electron chi connectivity index (χ2n) is 27.6. The minimum absolute atomic E-state index is 0.0121. The number of nitrogens with zero attached hydrogens (tertiary/aromatic N) is 7. The topological polar surface area (TPSA) is 195 Å². The zero-order chi connectivity index (χ0) is 74.6. The SMILES string of the molecule is CC(C)(C)N(CCCC#N)C[C@@H](O)c1ccc(F)cc1F.CC(C)(C)N1CC[C@@H](C(=O)O)[C@H](c2ccc(F)cc2F)C1.CC(C)(C)N1C[C@@H](C(=O)O)[C@H](c2ccc(F)cc2F)C1.CCOP(OCC)C(=O)I.N#CCCCBr.[C-]#[N+]C1CCN(C(C)(C)C)C[C@H]1c1ccc(F)cc1F. The average molecular weight is 1580 g/mol. The minimum Gasteiger partial charge on any atom is -0.481 e. The molecule has 4 aromatic rings. The smallest absolute Gasteiger partial charge is 0.308 e. The molecule has 0 radical (unpaired) electrons. The van der Waals surface area contributed by atoms with Gasteiger partial charge in [0.05, 0.1) is 49.2 Å². The molecule has 3 fully saturated rings. The molecule has 3 N–H and O–H groups in total. The van der Waals surface area contributed by atoms with Gasteiger partial charge in [-0.05, 0) is 165 Å². The van der Waals surface area contributed by atoms with Gasteiger partial charge in [-0.3, -0.25) is 34.0 Å². The third kappa shape index (κ3) is 29.8. The van der Waals surface area contributed by atoms with Crippen LogP contribution in [-0.4, -0.2) is 149 Å². The first-order chi connectivity index (χ1) is 45.6. The van der Waals surface area contributed by atoms with E-state index in [-0.39, 0.29) is 60.9 Å². The monoisotopic (exact) mass is 1580 g/mol. The minimum atomic E-state index is -1.27. The van der Waals surface area contributed by atoms with Crippen LogP contribution in [0.1, 0.15) is 182 Å². The normalized spacial score (nSPS) is 19.4.